The molecule has 2 aromatic carbocycles. The fraction of sp³-hybridized carbons (Fsp3) is 0.231. The molecule has 0 saturated heterocycles. The Bertz CT molecular complexity index is 1410. The minimum atomic E-state index is -0.358. The molecule has 0 N–H and O–H groups in total. The zero-order chi connectivity index (χ0) is 23.1. The molecule has 5 rings (SSSR count). The number of benzene rings is 2. The van der Waals surface area contributed by atoms with Crippen molar-refractivity contribution in [3.05, 3.63) is 110 Å². The Hall–Kier alpha value is -3.38. The highest BCUT2D eigenvalue weighted by molar-refractivity contribution is 6.30. The molecule has 5 nitrogen and oxygen atoms in total. The Labute approximate surface area is 196 Å². The van der Waals surface area contributed by atoms with E-state index in [1.165, 1.54) is 12.1 Å². The van der Waals surface area contributed by atoms with Gasteiger partial charge in [0, 0.05) is 42.0 Å². The maximum atomic E-state index is 14.0. The zero-order valence-corrected chi connectivity index (χ0v) is 19.1. The average Bonchev–Trinajstić information content (AvgIpc) is 3.21. The Morgan fingerprint density at radius 3 is 2.76 bits per heavy atom. The summed E-state index contributed by atoms with van der Waals surface area (Å²) in [6.45, 7) is 4.44. The first-order valence-corrected chi connectivity index (χ1v) is 11.2. The number of fused-ring (bicyclic) bond motifs is 1. The van der Waals surface area contributed by atoms with Gasteiger partial charge in [0.1, 0.15) is 11.6 Å². The predicted molar refractivity (Wildman–Crippen MR) is 126 cm³/mol. The Balaban J connectivity index is 1.50. The van der Waals surface area contributed by atoms with E-state index in [1.54, 1.807) is 29.2 Å². The van der Waals surface area contributed by atoms with E-state index >= 15 is 0 Å². The van der Waals surface area contributed by atoms with Crippen LogP contribution < -0.4 is 10.3 Å². The molecule has 0 spiro atoms. The van der Waals surface area contributed by atoms with Gasteiger partial charge in [-0.3, -0.25) is 4.79 Å². The van der Waals surface area contributed by atoms with E-state index in [1.807, 2.05) is 36.7 Å². The van der Waals surface area contributed by atoms with Crippen LogP contribution in [0.15, 0.2) is 66.0 Å². The van der Waals surface area contributed by atoms with Crippen LogP contribution in [0.4, 0.5) is 4.39 Å². The molecule has 168 valence electrons. The van der Waals surface area contributed by atoms with E-state index in [-0.39, 0.29) is 17.4 Å². The fourth-order valence-corrected chi connectivity index (χ4v) is 4.74. The standard InChI is InChI=1S/C26H23ClFN3O2/c1-16-9-18(3-5-23(16)30-13-17(2)29-15-30)10-19-11-20(27)14-31(26(19)32)24-7-8-33-25-6-4-21(28)12-22(24)25/h3-6,9,11-15,24H,7-8,10H2,1-2H3. The van der Waals surface area contributed by atoms with E-state index in [4.69, 9.17) is 16.3 Å². The monoisotopic (exact) mass is 463 g/mol. The second-order valence-electron chi connectivity index (χ2n) is 8.45. The fourth-order valence-electron chi connectivity index (χ4n) is 4.51. The largest absolute Gasteiger partial charge is 0.493 e. The minimum absolute atomic E-state index is 0.131. The van der Waals surface area contributed by atoms with Crippen LogP contribution in [-0.2, 0) is 6.42 Å². The highest BCUT2D eigenvalue weighted by Gasteiger charge is 2.25. The smallest absolute Gasteiger partial charge is 0.254 e. The van der Waals surface area contributed by atoms with Gasteiger partial charge in [-0.1, -0.05) is 23.7 Å². The third kappa shape index (κ3) is 4.18. The topological polar surface area (TPSA) is 49.0 Å². The summed E-state index contributed by atoms with van der Waals surface area (Å²) in [4.78, 5) is 17.7. The van der Waals surface area contributed by atoms with Gasteiger partial charge < -0.3 is 13.9 Å². The minimum Gasteiger partial charge on any atom is -0.493 e. The number of hydrogen-bond acceptors (Lipinski definition) is 3. The Kier molecular flexibility index (Phi) is 5.54. The van der Waals surface area contributed by atoms with Crippen LogP contribution in [0.5, 0.6) is 5.75 Å². The van der Waals surface area contributed by atoms with Crippen molar-refractivity contribution in [1.82, 2.24) is 14.1 Å². The lowest BCUT2D eigenvalue weighted by Gasteiger charge is -2.28. The highest BCUT2D eigenvalue weighted by atomic mass is 35.5. The first-order chi connectivity index (χ1) is 15.9. The van der Waals surface area contributed by atoms with Crippen molar-refractivity contribution in [1.29, 1.82) is 0 Å². The summed E-state index contributed by atoms with van der Waals surface area (Å²) in [6.07, 6.45) is 6.42. The number of rotatable bonds is 4. The molecule has 2 aromatic heterocycles. The molecule has 0 bridgehead atoms. The molecule has 33 heavy (non-hydrogen) atoms. The van der Waals surface area contributed by atoms with Crippen molar-refractivity contribution in [2.24, 2.45) is 0 Å². The third-order valence-corrected chi connectivity index (χ3v) is 6.25. The van der Waals surface area contributed by atoms with E-state index < -0.39 is 0 Å². The van der Waals surface area contributed by atoms with Crippen molar-refractivity contribution in [3.63, 3.8) is 0 Å². The van der Waals surface area contributed by atoms with Gasteiger partial charge in [-0.25, -0.2) is 9.37 Å². The van der Waals surface area contributed by atoms with E-state index in [0.29, 0.717) is 41.3 Å². The maximum Gasteiger partial charge on any atom is 0.254 e. The quantitative estimate of drug-likeness (QED) is 0.407. The summed E-state index contributed by atoms with van der Waals surface area (Å²) in [5.74, 6) is 0.241. The van der Waals surface area contributed by atoms with Crippen molar-refractivity contribution in [2.45, 2.75) is 32.7 Å². The number of halogens is 2. The van der Waals surface area contributed by atoms with Crippen LogP contribution in [-0.4, -0.2) is 20.7 Å². The van der Waals surface area contributed by atoms with Crippen molar-refractivity contribution < 1.29 is 9.13 Å². The zero-order valence-electron chi connectivity index (χ0n) is 18.4. The molecule has 0 fully saturated rings. The average molecular weight is 464 g/mol. The molecule has 1 aliphatic rings. The van der Waals surface area contributed by atoms with E-state index in [2.05, 4.69) is 11.1 Å². The summed E-state index contributed by atoms with van der Waals surface area (Å²) in [6, 6.07) is 11.9. The number of nitrogens with zero attached hydrogens (tertiary/aromatic N) is 3. The molecule has 0 radical (unpaired) electrons. The molecule has 3 heterocycles. The van der Waals surface area contributed by atoms with Gasteiger partial charge >= 0.3 is 0 Å². The normalized spacial score (nSPS) is 15.2. The van der Waals surface area contributed by atoms with Gasteiger partial charge in [0.2, 0.25) is 0 Å². The van der Waals surface area contributed by atoms with Crippen LogP contribution >= 0.6 is 11.6 Å². The van der Waals surface area contributed by atoms with Crippen LogP contribution in [0.25, 0.3) is 5.69 Å². The molecule has 0 amide bonds. The Morgan fingerprint density at radius 1 is 1.15 bits per heavy atom. The van der Waals surface area contributed by atoms with Gasteiger partial charge in [0.15, 0.2) is 0 Å². The highest BCUT2D eigenvalue weighted by Crippen LogP contribution is 2.35. The van der Waals surface area contributed by atoms with Crippen LogP contribution in [0.2, 0.25) is 5.02 Å². The molecule has 0 saturated carbocycles. The molecular formula is C26H23ClFN3O2. The molecule has 1 atom stereocenters. The molecule has 1 aliphatic heterocycles. The second kappa shape index (κ2) is 8.52. The summed E-state index contributed by atoms with van der Waals surface area (Å²) in [5.41, 5.74) is 5.22. The van der Waals surface area contributed by atoms with Crippen molar-refractivity contribution in [3.8, 4) is 11.4 Å². The van der Waals surface area contributed by atoms with Gasteiger partial charge in [-0.05, 0) is 55.3 Å². The van der Waals surface area contributed by atoms with Gasteiger partial charge in [0.05, 0.1) is 29.7 Å². The maximum absolute atomic E-state index is 14.0. The summed E-state index contributed by atoms with van der Waals surface area (Å²) in [7, 11) is 0. The lowest BCUT2D eigenvalue weighted by molar-refractivity contribution is 0.253. The summed E-state index contributed by atoms with van der Waals surface area (Å²) < 4.78 is 23.2. The first-order valence-electron chi connectivity index (χ1n) is 10.8. The predicted octanol–water partition coefficient (Wildman–Crippen LogP) is 5.41. The Morgan fingerprint density at radius 2 is 2.00 bits per heavy atom. The number of aromatic nitrogens is 3. The number of hydrogen-bond donors (Lipinski definition) is 0. The van der Waals surface area contributed by atoms with E-state index in [9.17, 15) is 9.18 Å². The van der Waals surface area contributed by atoms with Gasteiger partial charge in [0.25, 0.3) is 5.56 Å². The lowest BCUT2D eigenvalue weighted by Crippen LogP contribution is -2.31. The lowest BCUT2D eigenvalue weighted by atomic mass is 9.99. The van der Waals surface area contributed by atoms with Crippen LogP contribution in [0.3, 0.4) is 0 Å². The summed E-state index contributed by atoms with van der Waals surface area (Å²) in [5, 5.41) is 0.469. The second-order valence-corrected chi connectivity index (χ2v) is 8.89. The number of imidazole rings is 1. The van der Waals surface area contributed by atoms with Gasteiger partial charge in [-0.15, -0.1) is 0 Å². The number of ether oxygens (including phenoxy) is 1. The van der Waals surface area contributed by atoms with E-state index in [0.717, 1.165) is 22.5 Å². The molecule has 7 heteroatoms. The molecule has 4 aromatic rings. The molecule has 0 aliphatic carbocycles. The molecule has 1 unspecified atom stereocenters. The number of aryl methyl sites for hydroxylation is 2. The third-order valence-electron chi connectivity index (χ3n) is 6.04. The molecular weight excluding hydrogens is 441 g/mol. The van der Waals surface area contributed by atoms with Crippen LogP contribution in [0.1, 0.15) is 40.4 Å². The van der Waals surface area contributed by atoms with Crippen molar-refractivity contribution >= 4 is 11.6 Å². The van der Waals surface area contributed by atoms with Gasteiger partial charge in [-0.2, -0.15) is 0 Å². The van der Waals surface area contributed by atoms with Crippen molar-refractivity contribution in [2.75, 3.05) is 6.61 Å². The van der Waals surface area contributed by atoms with Crippen LogP contribution in [0, 0.1) is 19.7 Å². The number of pyridine rings is 1. The SMILES string of the molecule is Cc1cn(-c2ccc(Cc3cc(Cl)cn(C4CCOc5ccc(F)cc54)c3=O)cc2C)cn1. The summed E-state index contributed by atoms with van der Waals surface area (Å²) >= 11 is 6.43. The first kappa shape index (κ1) is 21.5.